The molecule has 1 aromatic heterocycles. The van der Waals surface area contributed by atoms with E-state index in [-0.39, 0.29) is 23.6 Å². The van der Waals surface area contributed by atoms with Gasteiger partial charge in [0, 0.05) is 24.2 Å². The molecular weight excluding hydrogens is 595 g/mol. The molecule has 1 aliphatic carbocycles. The molecule has 0 bridgehead atoms. The Kier molecular flexibility index (Phi) is 8.15. The van der Waals surface area contributed by atoms with Crippen LogP contribution in [0.5, 0.6) is 11.5 Å². The summed E-state index contributed by atoms with van der Waals surface area (Å²) in [6, 6.07) is 12.3. The van der Waals surface area contributed by atoms with Gasteiger partial charge in [0.2, 0.25) is 5.95 Å². The number of alkyl halides is 3. The van der Waals surface area contributed by atoms with E-state index < -0.39 is 10.1 Å². The maximum atomic E-state index is 13.2. The van der Waals surface area contributed by atoms with E-state index >= 15 is 0 Å². The van der Waals surface area contributed by atoms with Crippen LogP contribution in [0.1, 0.15) is 58.9 Å². The zero-order chi connectivity index (χ0) is 26.8. The predicted octanol–water partition coefficient (Wildman–Crippen LogP) is 7.77. The molecule has 200 valence electrons. The molecule has 4 rings (SSSR count). The Labute approximate surface area is 228 Å². The highest BCUT2D eigenvalue weighted by Crippen LogP contribution is 2.46. The number of hydrogen-bond donors (Lipinski definition) is 2. The minimum absolute atomic E-state index is 0.0555. The van der Waals surface area contributed by atoms with Gasteiger partial charge < -0.3 is 24.5 Å². The first-order valence-corrected chi connectivity index (χ1v) is 13.5. The Balaban J connectivity index is 1.64. The van der Waals surface area contributed by atoms with E-state index in [0.717, 1.165) is 52.9 Å². The lowest BCUT2D eigenvalue weighted by Gasteiger charge is -2.40. The van der Waals surface area contributed by atoms with Crippen LogP contribution in [-0.4, -0.2) is 31.3 Å². The van der Waals surface area contributed by atoms with Gasteiger partial charge in [-0.25, -0.2) is 4.98 Å². The van der Waals surface area contributed by atoms with Crippen LogP contribution in [0.3, 0.4) is 0 Å². The van der Waals surface area contributed by atoms with Crippen LogP contribution in [0.2, 0.25) is 0 Å². The molecule has 0 spiro atoms. The van der Waals surface area contributed by atoms with Gasteiger partial charge in [-0.3, -0.25) is 4.79 Å². The van der Waals surface area contributed by atoms with Crippen LogP contribution in [0.25, 0.3) is 11.0 Å². The van der Waals surface area contributed by atoms with Crippen LogP contribution < -0.4 is 14.8 Å². The molecule has 10 heteroatoms. The quantitative estimate of drug-likeness (QED) is 0.136. The second kappa shape index (κ2) is 11.0. The van der Waals surface area contributed by atoms with Crippen molar-refractivity contribution in [2.75, 3.05) is 11.9 Å². The minimum Gasteiger partial charge on any atom is -0.494 e. The number of ether oxygens (including phenoxy) is 2. The number of imidazole rings is 1. The molecule has 3 aromatic rings. The molecule has 37 heavy (non-hydrogen) atoms. The van der Waals surface area contributed by atoms with Gasteiger partial charge in [-0.1, -0.05) is 20.8 Å². The summed E-state index contributed by atoms with van der Waals surface area (Å²) in [5.74, 6) is 1.09. The van der Waals surface area contributed by atoms with E-state index in [1.165, 1.54) is 12.1 Å². The predicted molar refractivity (Wildman–Crippen MR) is 147 cm³/mol. The average molecular weight is 627 g/mol. The molecule has 1 fully saturated rings. The number of carboxylic acids is 1. The van der Waals surface area contributed by atoms with Gasteiger partial charge in [0.15, 0.2) is 0 Å². The molecule has 7 nitrogen and oxygen atoms in total. The number of nitrogens with one attached hydrogen (secondary N) is 1. The van der Waals surface area contributed by atoms with Crippen molar-refractivity contribution in [2.24, 2.45) is 11.3 Å². The number of anilines is 2. The van der Waals surface area contributed by atoms with Crippen molar-refractivity contribution < 1.29 is 28.2 Å². The zero-order valence-electron chi connectivity index (χ0n) is 21.1. The lowest BCUT2D eigenvalue weighted by molar-refractivity contribution is -0.137. The van der Waals surface area contributed by atoms with E-state index in [4.69, 9.17) is 14.8 Å². The third-order valence-electron chi connectivity index (χ3n) is 6.54. The van der Waals surface area contributed by atoms with Crippen molar-refractivity contribution in [3.63, 3.8) is 0 Å². The van der Waals surface area contributed by atoms with Crippen molar-refractivity contribution >= 4 is 51.2 Å². The molecule has 1 heterocycles. The van der Waals surface area contributed by atoms with Crippen molar-refractivity contribution in [3.05, 3.63) is 42.5 Å². The first-order valence-electron chi connectivity index (χ1n) is 12.4. The highest BCUT2D eigenvalue weighted by Gasteiger charge is 2.34. The largest absolute Gasteiger partial charge is 0.494 e. The maximum Gasteiger partial charge on any atom is 0.451 e. The van der Waals surface area contributed by atoms with Gasteiger partial charge in [0.25, 0.3) is 0 Å². The third-order valence-corrected chi connectivity index (χ3v) is 6.76. The SMILES string of the molecule is C[C@@H]1C[C@H](n2c(Nc3ccc(OC(F)(F)I)cc3)nc3cc(OCCCC(=O)O)ccc32)CC(C)(C)C1. The molecule has 1 aliphatic rings. The average Bonchev–Trinajstić information content (AvgIpc) is 3.12. The monoisotopic (exact) mass is 627 g/mol. The molecular formula is C27H32F2IN3O4. The number of rotatable bonds is 10. The molecule has 0 aliphatic heterocycles. The second-order valence-electron chi connectivity index (χ2n) is 10.6. The van der Waals surface area contributed by atoms with Crippen LogP contribution >= 0.6 is 22.6 Å². The van der Waals surface area contributed by atoms with Crippen molar-refractivity contribution in [1.29, 1.82) is 0 Å². The number of carboxylic acid groups (broad SMARTS) is 1. The smallest absolute Gasteiger partial charge is 0.451 e. The Morgan fingerprint density at radius 3 is 2.57 bits per heavy atom. The van der Waals surface area contributed by atoms with E-state index in [0.29, 0.717) is 36.3 Å². The molecule has 0 saturated heterocycles. The number of benzene rings is 2. The standard InChI is InChI=1S/C27H32F2IN3O4/c1-17-13-19(16-26(2,3)15-17)33-23-11-10-21(36-12-4-5-24(34)35)14-22(23)32-25(33)31-18-6-8-20(9-7-18)37-27(28,29)30/h6-11,14,17,19H,4-5,12-13,15-16H2,1-3H3,(H,31,32)(H,34,35)/t17-,19+/m1/s1. The highest BCUT2D eigenvalue weighted by molar-refractivity contribution is 14.1. The van der Waals surface area contributed by atoms with Crippen LogP contribution in [0.4, 0.5) is 20.4 Å². The number of hydrogen-bond acceptors (Lipinski definition) is 5. The van der Waals surface area contributed by atoms with E-state index in [1.807, 2.05) is 18.2 Å². The fraction of sp³-hybridized carbons (Fsp3) is 0.481. The van der Waals surface area contributed by atoms with Gasteiger partial charge in [-0.2, -0.15) is 8.78 Å². The first kappa shape index (κ1) is 27.4. The third kappa shape index (κ3) is 7.45. The maximum absolute atomic E-state index is 13.2. The van der Waals surface area contributed by atoms with Gasteiger partial charge in [-0.15, -0.1) is 0 Å². The summed E-state index contributed by atoms with van der Waals surface area (Å²) in [5, 5.41) is 12.2. The number of carbonyl (C=O) groups is 1. The summed E-state index contributed by atoms with van der Waals surface area (Å²) in [6.45, 7) is 7.19. The Morgan fingerprint density at radius 1 is 1.22 bits per heavy atom. The summed E-state index contributed by atoms with van der Waals surface area (Å²) < 4.78 is 35.7. The van der Waals surface area contributed by atoms with Crippen molar-refractivity contribution in [3.8, 4) is 11.5 Å². The number of halogens is 3. The van der Waals surface area contributed by atoms with Gasteiger partial charge in [0.1, 0.15) is 11.5 Å². The number of nitrogens with zero attached hydrogens (tertiary/aromatic N) is 2. The lowest BCUT2D eigenvalue weighted by Crippen LogP contribution is -2.29. The van der Waals surface area contributed by atoms with Gasteiger partial charge >= 0.3 is 10.1 Å². The Morgan fingerprint density at radius 2 is 1.92 bits per heavy atom. The van der Waals surface area contributed by atoms with Crippen LogP contribution in [-0.2, 0) is 4.79 Å². The molecule has 1 saturated carbocycles. The zero-order valence-corrected chi connectivity index (χ0v) is 23.3. The Hall–Kier alpha value is -2.63. The summed E-state index contributed by atoms with van der Waals surface area (Å²) in [6.07, 6.45) is 3.67. The van der Waals surface area contributed by atoms with Crippen LogP contribution in [0.15, 0.2) is 42.5 Å². The Bertz CT molecular complexity index is 1240. The molecule has 0 unspecified atom stereocenters. The molecule has 2 N–H and O–H groups in total. The van der Waals surface area contributed by atoms with Gasteiger partial charge in [0.05, 0.1) is 40.2 Å². The highest BCUT2D eigenvalue weighted by atomic mass is 127. The molecule has 0 amide bonds. The number of aliphatic carboxylic acids is 1. The van der Waals surface area contributed by atoms with E-state index in [2.05, 4.69) is 35.4 Å². The fourth-order valence-corrected chi connectivity index (χ4v) is 5.66. The van der Waals surface area contributed by atoms with Crippen molar-refractivity contribution in [1.82, 2.24) is 9.55 Å². The second-order valence-corrected chi connectivity index (χ2v) is 11.8. The van der Waals surface area contributed by atoms with E-state index in [1.54, 1.807) is 12.1 Å². The normalized spacial score (nSPS) is 19.5. The fourth-order valence-electron chi connectivity index (χ4n) is 5.40. The number of fused-ring (bicyclic) bond motifs is 1. The minimum atomic E-state index is -3.28. The van der Waals surface area contributed by atoms with Crippen molar-refractivity contribution in [2.45, 2.75) is 63.0 Å². The summed E-state index contributed by atoms with van der Waals surface area (Å²) >= 11 is 0.943. The number of aromatic nitrogens is 2. The first-order chi connectivity index (χ1) is 17.4. The summed E-state index contributed by atoms with van der Waals surface area (Å²) in [4.78, 5) is 15.6. The molecule has 2 aromatic carbocycles. The molecule has 0 radical (unpaired) electrons. The summed E-state index contributed by atoms with van der Waals surface area (Å²) in [5.41, 5.74) is 2.63. The van der Waals surface area contributed by atoms with E-state index in [9.17, 15) is 13.6 Å². The van der Waals surface area contributed by atoms with Crippen LogP contribution in [0, 0.1) is 11.3 Å². The molecule has 2 atom stereocenters. The van der Waals surface area contributed by atoms with Gasteiger partial charge in [-0.05, 0) is 73.4 Å². The lowest BCUT2D eigenvalue weighted by atomic mass is 9.70. The summed E-state index contributed by atoms with van der Waals surface area (Å²) in [7, 11) is 0. The topological polar surface area (TPSA) is 85.6 Å².